The Bertz CT molecular complexity index is 1230. The Balaban J connectivity index is 0. The topological polar surface area (TPSA) is 75.1 Å². The van der Waals surface area contributed by atoms with Gasteiger partial charge in [-0.15, -0.1) is 6.58 Å². The summed E-state index contributed by atoms with van der Waals surface area (Å²) in [4.78, 5) is 13.0. The standard InChI is InChI=1S/C27H37N3.C10H14FN.CH2F2.CH5N/c1-7-10-20(4)30-27(28-6)23(9-3)19-29-21(5)24-15-17-26(18-16-24)25-13-11-22(8-2)12-14-25;1-4-6-10(12-5-2)7-9(3)8-11;2-1-3;1-2/h7,9-10,15-19,22,25H,1,3,8,11-14H2,2,4-6H3,(H,28,30);4-5,7H,1,3,6,8H2,2H3;1H2;2H2,1H3/b20-10+,23-19+,29-21?;10-7-,12-5?;;. The number of nitrogens with zero attached hydrogens (tertiary/aromatic N) is 3. The van der Waals surface area contributed by atoms with Gasteiger partial charge >= 0.3 is 0 Å². The fourth-order valence-corrected chi connectivity index (χ4v) is 4.75. The Hall–Kier alpha value is -4.04. The van der Waals surface area contributed by atoms with E-state index in [1.807, 2.05) is 33.0 Å². The molecular weight excluding hydrogens is 595 g/mol. The van der Waals surface area contributed by atoms with Crippen molar-refractivity contribution in [2.24, 2.45) is 26.6 Å². The van der Waals surface area contributed by atoms with Crippen molar-refractivity contribution in [2.45, 2.75) is 72.1 Å². The third kappa shape index (κ3) is 19.9. The molecular formula is C39H58F3N5. The molecule has 47 heavy (non-hydrogen) atoms. The Morgan fingerprint density at radius 2 is 1.62 bits per heavy atom. The minimum absolute atomic E-state index is 0.442. The van der Waals surface area contributed by atoms with Gasteiger partial charge in [0.1, 0.15) is 12.5 Å². The van der Waals surface area contributed by atoms with Crippen molar-refractivity contribution < 1.29 is 13.2 Å². The van der Waals surface area contributed by atoms with E-state index in [1.165, 1.54) is 44.7 Å². The molecule has 0 atom stereocenters. The smallest absolute Gasteiger partial charge is 0.229 e. The van der Waals surface area contributed by atoms with Gasteiger partial charge in [0, 0.05) is 48.6 Å². The minimum atomic E-state index is -1.75. The Morgan fingerprint density at radius 3 is 2.06 bits per heavy atom. The molecule has 1 aromatic rings. The number of amidine groups is 1. The fourth-order valence-electron chi connectivity index (χ4n) is 4.75. The second-order valence-electron chi connectivity index (χ2n) is 10.4. The number of hydrogen-bond donors (Lipinski definition) is 2. The lowest BCUT2D eigenvalue weighted by molar-refractivity contribution is 0.295. The zero-order valence-corrected chi connectivity index (χ0v) is 29.5. The zero-order chi connectivity index (χ0) is 36.0. The molecule has 260 valence electrons. The Kier molecular flexibility index (Phi) is 28.2. The fraction of sp³-hybridized carbons (Fsp3) is 0.410. The van der Waals surface area contributed by atoms with Crippen LogP contribution in [0.2, 0.25) is 0 Å². The summed E-state index contributed by atoms with van der Waals surface area (Å²) < 4.78 is 31.3. The van der Waals surface area contributed by atoms with Gasteiger partial charge in [-0.3, -0.25) is 15.0 Å². The third-order valence-corrected chi connectivity index (χ3v) is 7.21. The first kappa shape index (κ1) is 45.1. The number of benzene rings is 1. The number of nitrogens with two attached hydrogens (primary N) is 1. The average Bonchev–Trinajstić information content (AvgIpc) is 3.09. The molecule has 3 N–H and O–H groups in total. The summed E-state index contributed by atoms with van der Waals surface area (Å²) in [6, 6.07) is 8.97. The van der Waals surface area contributed by atoms with Crippen molar-refractivity contribution in [2.75, 3.05) is 27.7 Å². The summed E-state index contributed by atoms with van der Waals surface area (Å²) >= 11 is 0. The summed E-state index contributed by atoms with van der Waals surface area (Å²) in [7, 11) is 3.25. The summed E-state index contributed by atoms with van der Waals surface area (Å²) in [5, 5.41) is 3.26. The Labute approximate surface area is 283 Å². The molecule has 1 saturated carbocycles. The molecule has 0 aromatic heterocycles. The van der Waals surface area contributed by atoms with Crippen LogP contribution in [0.15, 0.2) is 125 Å². The molecule has 0 bridgehead atoms. The predicted octanol–water partition coefficient (Wildman–Crippen LogP) is 10.5. The summed E-state index contributed by atoms with van der Waals surface area (Å²) in [5.74, 6) is 2.38. The maximum Gasteiger partial charge on any atom is 0.229 e. The highest BCUT2D eigenvalue weighted by Gasteiger charge is 2.21. The molecule has 2 rings (SSSR count). The van der Waals surface area contributed by atoms with Crippen molar-refractivity contribution in [1.82, 2.24) is 5.32 Å². The monoisotopic (exact) mass is 653 g/mol. The van der Waals surface area contributed by atoms with Crippen LogP contribution in [0.3, 0.4) is 0 Å². The molecule has 8 heteroatoms. The van der Waals surface area contributed by atoms with Crippen LogP contribution in [0.25, 0.3) is 0 Å². The third-order valence-electron chi connectivity index (χ3n) is 7.21. The van der Waals surface area contributed by atoms with Crippen molar-refractivity contribution in [3.05, 3.63) is 121 Å². The minimum Gasteiger partial charge on any atom is -0.344 e. The first-order chi connectivity index (χ1) is 22.7. The number of nitrogens with one attached hydrogen (secondary N) is 1. The summed E-state index contributed by atoms with van der Waals surface area (Å²) in [6.45, 7) is 20.6. The van der Waals surface area contributed by atoms with Crippen LogP contribution in [0.5, 0.6) is 0 Å². The van der Waals surface area contributed by atoms with Crippen LogP contribution in [0.4, 0.5) is 13.2 Å². The predicted molar refractivity (Wildman–Crippen MR) is 202 cm³/mol. The number of rotatable bonds is 13. The number of alkyl halides is 3. The van der Waals surface area contributed by atoms with Gasteiger partial charge in [0.25, 0.3) is 0 Å². The second kappa shape index (κ2) is 29.4. The van der Waals surface area contributed by atoms with Crippen molar-refractivity contribution in [1.29, 1.82) is 0 Å². The molecule has 0 heterocycles. The molecule has 5 nitrogen and oxygen atoms in total. The Morgan fingerprint density at radius 1 is 1.02 bits per heavy atom. The second-order valence-corrected chi connectivity index (χ2v) is 10.4. The maximum atomic E-state index is 12.0. The van der Waals surface area contributed by atoms with Gasteiger partial charge in [0.2, 0.25) is 6.93 Å². The van der Waals surface area contributed by atoms with E-state index in [2.05, 4.69) is 83.5 Å². The molecule has 1 aliphatic carbocycles. The molecule has 0 radical (unpaired) electrons. The highest BCUT2D eigenvalue weighted by atomic mass is 19.3. The quantitative estimate of drug-likeness (QED) is 0.0962. The number of hydrogen-bond acceptors (Lipinski definition) is 4. The SMILES string of the molecule is C=C/C=C(\C)NC(=NC)/C(C=C)=C/N=C(C)c1ccc(C2CCC(CC)CC2)cc1.C=CC/C(=C/C(=C)CF)N=CC.CN.FCF. The molecule has 1 aliphatic rings. The molecule has 0 spiro atoms. The summed E-state index contributed by atoms with van der Waals surface area (Å²) in [5.41, 5.74) is 11.1. The molecule has 0 saturated heterocycles. The van der Waals surface area contributed by atoms with E-state index in [9.17, 15) is 13.2 Å². The van der Waals surface area contributed by atoms with Gasteiger partial charge in [0.05, 0.1) is 0 Å². The van der Waals surface area contributed by atoms with E-state index >= 15 is 0 Å². The van der Waals surface area contributed by atoms with Crippen LogP contribution < -0.4 is 11.1 Å². The van der Waals surface area contributed by atoms with Crippen molar-refractivity contribution in [3.8, 4) is 0 Å². The van der Waals surface area contributed by atoms with E-state index in [0.717, 1.165) is 40.0 Å². The number of aliphatic imine (C=N–C) groups is 3. The summed E-state index contributed by atoms with van der Waals surface area (Å²) in [6.07, 6.45) is 19.6. The van der Waals surface area contributed by atoms with Crippen LogP contribution in [0, 0.1) is 5.92 Å². The van der Waals surface area contributed by atoms with E-state index in [-0.39, 0.29) is 0 Å². The average molecular weight is 654 g/mol. The lowest BCUT2D eigenvalue weighted by Crippen LogP contribution is -2.22. The molecule has 0 amide bonds. The van der Waals surface area contributed by atoms with Gasteiger partial charge in [-0.25, -0.2) is 13.2 Å². The lowest BCUT2D eigenvalue weighted by atomic mass is 9.78. The van der Waals surface area contributed by atoms with Crippen LogP contribution in [0.1, 0.15) is 83.3 Å². The van der Waals surface area contributed by atoms with E-state index in [4.69, 9.17) is 0 Å². The lowest BCUT2D eigenvalue weighted by Gasteiger charge is -2.28. The highest BCUT2D eigenvalue weighted by molar-refractivity contribution is 6.03. The largest absolute Gasteiger partial charge is 0.344 e. The molecule has 1 fully saturated rings. The van der Waals surface area contributed by atoms with E-state index in [0.29, 0.717) is 17.9 Å². The number of halogens is 3. The van der Waals surface area contributed by atoms with Crippen LogP contribution in [-0.2, 0) is 0 Å². The van der Waals surface area contributed by atoms with Gasteiger partial charge < -0.3 is 11.1 Å². The number of allylic oxidation sites excluding steroid dienone is 6. The first-order valence-electron chi connectivity index (χ1n) is 15.9. The normalized spacial score (nSPS) is 17.2. The van der Waals surface area contributed by atoms with Gasteiger partial charge in [0.15, 0.2) is 0 Å². The van der Waals surface area contributed by atoms with E-state index in [1.54, 1.807) is 37.6 Å². The van der Waals surface area contributed by atoms with Crippen LogP contribution >= 0.6 is 0 Å². The van der Waals surface area contributed by atoms with Gasteiger partial charge in [-0.2, -0.15) is 0 Å². The zero-order valence-electron chi connectivity index (χ0n) is 29.5. The van der Waals surface area contributed by atoms with Gasteiger partial charge in [-0.05, 0) is 94.2 Å². The van der Waals surface area contributed by atoms with Crippen molar-refractivity contribution in [3.63, 3.8) is 0 Å². The first-order valence-corrected chi connectivity index (χ1v) is 15.9. The molecule has 1 aromatic carbocycles. The molecule has 0 unspecified atom stereocenters. The van der Waals surface area contributed by atoms with Crippen molar-refractivity contribution >= 4 is 17.8 Å². The highest BCUT2D eigenvalue weighted by Crippen LogP contribution is 2.36. The van der Waals surface area contributed by atoms with Gasteiger partial charge in [-0.1, -0.05) is 75.6 Å². The molecule has 0 aliphatic heterocycles. The maximum absolute atomic E-state index is 12.0. The van der Waals surface area contributed by atoms with E-state index < -0.39 is 13.6 Å². The van der Waals surface area contributed by atoms with Crippen LogP contribution in [-0.4, -0.2) is 45.5 Å².